The first-order valence-corrected chi connectivity index (χ1v) is 11.4. The predicted octanol–water partition coefficient (Wildman–Crippen LogP) is 3.64. The van der Waals surface area contributed by atoms with Crippen LogP contribution in [0.15, 0.2) is 30.7 Å². The standard InChI is InChI=1S/C24H31F2N5O2/c1-4-23(32)31-12-6-10-29(17(2)3)9-5-11-30(24(33)21-7-8-27-16-28-21)15-18-13-19(25)20(26)14-22(18)31/h7-8,13-14,16-17H,4-6,9-12,15H2,1-3H3. The smallest absolute Gasteiger partial charge is 0.272 e. The number of carbonyl (C=O) groups is 2. The molecule has 0 bridgehead atoms. The van der Waals surface area contributed by atoms with Gasteiger partial charge in [-0.3, -0.25) is 9.59 Å². The third-order valence-corrected chi connectivity index (χ3v) is 5.90. The van der Waals surface area contributed by atoms with Crippen LogP contribution in [0.2, 0.25) is 0 Å². The maximum atomic E-state index is 14.3. The van der Waals surface area contributed by atoms with Crippen molar-refractivity contribution in [1.82, 2.24) is 19.8 Å². The molecule has 9 heteroatoms. The first-order valence-electron chi connectivity index (χ1n) is 11.4. The van der Waals surface area contributed by atoms with Gasteiger partial charge in [0.25, 0.3) is 5.91 Å². The average molecular weight is 460 g/mol. The average Bonchev–Trinajstić information content (AvgIpc) is 2.80. The number of hydrogen-bond donors (Lipinski definition) is 0. The summed E-state index contributed by atoms with van der Waals surface area (Å²) in [4.78, 5) is 39.3. The summed E-state index contributed by atoms with van der Waals surface area (Å²) in [5.74, 6) is -2.53. The van der Waals surface area contributed by atoms with Crippen molar-refractivity contribution in [2.24, 2.45) is 0 Å². The Kier molecular flexibility index (Phi) is 8.43. The summed E-state index contributed by atoms with van der Waals surface area (Å²) in [7, 11) is 0. The van der Waals surface area contributed by atoms with E-state index in [1.807, 2.05) is 0 Å². The molecule has 0 radical (unpaired) electrons. The molecule has 1 aromatic heterocycles. The number of rotatable bonds is 3. The van der Waals surface area contributed by atoms with Crippen LogP contribution in [0.4, 0.5) is 14.5 Å². The fourth-order valence-electron chi connectivity index (χ4n) is 4.09. The third-order valence-electron chi connectivity index (χ3n) is 5.90. The molecule has 1 aromatic carbocycles. The van der Waals surface area contributed by atoms with Crippen molar-refractivity contribution in [3.63, 3.8) is 0 Å². The largest absolute Gasteiger partial charge is 0.333 e. The van der Waals surface area contributed by atoms with E-state index in [9.17, 15) is 18.4 Å². The SMILES string of the molecule is CCC(=O)N1CCCN(C(C)C)CCCN(C(=O)c2ccncn2)Cc2cc(F)c(F)cc21. The first-order chi connectivity index (χ1) is 15.8. The highest BCUT2D eigenvalue weighted by atomic mass is 19.2. The summed E-state index contributed by atoms with van der Waals surface area (Å²) in [6, 6.07) is 3.98. The number of hydrogen-bond acceptors (Lipinski definition) is 5. The monoisotopic (exact) mass is 459 g/mol. The fourth-order valence-corrected chi connectivity index (χ4v) is 4.09. The number of carbonyl (C=O) groups excluding carboxylic acids is 2. The van der Waals surface area contributed by atoms with Gasteiger partial charge in [-0.1, -0.05) is 6.92 Å². The van der Waals surface area contributed by atoms with E-state index in [0.717, 1.165) is 25.2 Å². The minimum atomic E-state index is -1.02. The van der Waals surface area contributed by atoms with E-state index in [1.54, 1.807) is 11.8 Å². The quantitative estimate of drug-likeness (QED) is 0.701. The number of halogens is 2. The highest BCUT2D eigenvalue weighted by molar-refractivity contribution is 5.94. The molecule has 178 valence electrons. The van der Waals surface area contributed by atoms with Crippen LogP contribution in [0.25, 0.3) is 0 Å². The fraction of sp³-hybridized carbons (Fsp3) is 0.500. The van der Waals surface area contributed by atoms with Crippen molar-refractivity contribution in [3.8, 4) is 0 Å². The summed E-state index contributed by atoms with van der Waals surface area (Å²) < 4.78 is 28.5. The number of nitrogens with zero attached hydrogens (tertiary/aromatic N) is 5. The second-order valence-corrected chi connectivity index (χ2v) is 8.45. The first kappa shape index (κ1) is 24.7. The Bertz CT molecular complexity index is 971. The molecule has 3 rings (SSSR count). The number of benzene rings is 1. The summed E-state index contributed by atoms with van der Waals surface area (Å²) >= 11 is 0. The highest BCUT2D eigenvalue weighted by Gasteiger charge is 2.25. The van der Waals surface area contributed by atoms with Crippen LogP contribution in [0, 0.1) is 11.6 Å². The Hall–Kier alpha value is -2.94. The maximum Gasteiger partial charge on any atom is 0.272 e. The summed E-state index contributed by atoms with van der Waals surface area (Å²) in [5.41, 5.74) is 0.917. The molecule has 0 fully saturated rings. The molecular formula is C24H31F2N5O2. The zero-order valence-electron chi connectivity index (χ0n) is 19.4. The van der Waals surface area contributed by atoms with Gasteiger partial charge in [-0.15, -0.1) is 0 Å². The molecule has 0 atom stereocenters. The molecule has 0 saturated carbocycles. The number of fused-ring (bicyclic) bond motifs is 1. The van der Waals surface area contributed by atoms with Gasteiger partial charge in [0.2, 0.25) is 5.91 Å². The van der Waals surface area contributed by atoms with Gasteiger partial charge in [0.05, 0.1) is 5.69 Å². The second kappa shape index (κ2) is 11.3. The van der Waals surface area contributed by atoms with E-state index in [-0.39, 0.29) is 30.5 Å². The minimum Gasteiger partial charge on any atom is -0.333 e. The van der Waals surface area contributed by atoms with Crippen molar-refractivity contribution < 1.29 is 18.4 Å². The van der Waals surface area contributed by atoms with Gasteiger partial charge in [-0.2, -0.15) is 0 Å². The van der Waals surface area contributed by atoms with Crippen LogP contribution in [0.3, 0.4) is 0 Å². The van der Waals surface area contributed by atoms with Gasteiger partial charge in [-0.25, -0.2) is 18.7 Å². The molecule has 2 amide bonds. The van der Waals surface area contributed by atoms with Crippen molar-refractivity contribution in [2.75, 3.05) is 31.1 Å². The van der Waals surface area contributed by atoms with Crippen molar-refractivity contribution in [1.29, 1.82) is 0 Å². The van der Waals surface area contributed by atoms with E-state index in [1.165, 1.54) is 23.5 Å². The minimum absolute atomic E-state index is 0.0323. The Morgan fingerprint density at radius 2 is 1.76 bits per heavy atom. The molecule has 0 aliphatic carbocycles. The Labute approximate surface area is 193 Å². The molecule has 2 heterocycles. The second-order valence-electron chi connectivity index (χ2n) is 8.45. The Morgan fingerprint density at radius 1 is 1.06 bits per heavy atom. The molecule has 1 aliphatic heterocycles. The Balaban J connectivity index is 2.05. The van der Waals surface area contributed by atoms with Gasteiger partial charge in [0.1, 0.15) is 12.0 Å². The maximum absolute atomic E-state index is 14.3. The molecule has 0 saturated heterocycles. The highest BCUT2D eigenvalue weighted by Crippen LogP contribution is 2.28. The van der Waals surface area contributed by atoms with E-state index in [2.05, 4.69) is 28.7 Å². The number of amides is 2. The van der Waals surface area contributed by atoms with Gasteiger partial charge >= 0.3 is 0 Å². The molecule has 2 aromatic rings. The lowest BCUT2D eigenvalue weighted by Crippen LogP contribution is -2.40. The molecular weight excluding hydrogens is 428 g/mol. The summed E-state index contributed by atoms with van der Waals surface area (Å²) in [5, 5.41) is 0. The van der Waals surface area contributed by atoms with Gasteiger partial charge in [0.15, 0.2) is 11.6 Å². The van der Waals surface area contributed by atoms with E-state index in [0.29, 0.717) is 43.2 Å². The molecule has 1 aliphatic rings. The molecule has 0 spiro atoms. The van der Waals surface area contributed by atoms with Crippen LogP contribution < -0.4 is 4.90 Å². The lowest BCUT2D eigenvalue weighted by molar-refractivity contribution is -0.118. The van der Waals surface area contributed by atoms with Crippen LogP contribution in [-0.2, 0) is 11.3 Å². The molecule has 0 N–H and O–H groups in total. The van der Waals surface area contributed by atoms with Gasteiger partial charge in [0, 0.05) is 57.4 Å². The van der Waals surface area contributed by atoms with E-state index < -0.39 is 11.6 Å². The van der Waals surface area contributed by atoms with E-state index >= 15 is 0 Å². The predicted molar refractivity (Wildman–Crippen MR) is 122 cm³/mol. The zero-order chi connectivity index (χ0) is 24.0. The Morgan fingerprint density at radius 3 is 2.39 bits per heavy atom. The number of aromatic nitrogens is 2. The lowest BCUT2D eigenvalue weighted by Gasteiger charge is -2.33. The van der Waals surface area contributed by atoms with Crippen LogP contribution >= 0.6 is 0 Å². The van der Waals surface area contributed by atoms with E-state index in [4.69, 9.17) is 0 Å². The number of anilines is 1. The zero-order valence-corrected chi connectivity index (χ0v) is 19.4. The molecule has 33 heavy (non-hydrogen) atoms. The molecule has 7 nitrogen and oxygen atoms in total. The van der Waals surface area contributed by atoms with Gasteiger partial charge < -0.3 is 14.7 Å². The lowest BCUT2D eigenvalue weighted by atomic mass is 10.1. The third kappa shape index (κ3) is 6.10. The molecule has 0 unspecified atom stereocenters. The van der Waals surface area contributed by atoms with Crippen molar-refractivity contribution in [2.45, 2.75) is 52.6 Å². The normalized spacial score (nSPS) is 16.2. The topological polar surface area (TPSA) is 69.6 Å². The van der Waals surface area contributed by atoms with Crippen LogP contribution in [-0.4, -0.2) is 63.8 Å². The van der Waals surface area contributed by atoms with Crippen LogP contribution in [0.1, 0.15) is 56.1 Å². The van der Waals surface area contributed by atoms with Crippen LogP contribution in [0.5, 0.6) is 0 Å². The van der Waals surface area contributed by atoms with Crippen molar-refractivity contribution >= 4 is 17.5 Å². The van der Waals surface area contributed by atoms with Gasteiger partial charge in [-0.05, 0) is 44.4 Å². The van der Waals surface area contributed by atoms with Crippen molar-refractivity contribution in [3.05, 3.63) is 53.6 Å². The summed E-state index contributed by atoms with van der Waals surface area (Å²) in [6.07, 6.45) is 4.43. The summed E-state index contributed by atoms with van der Waals surface area (Å²) in [6.45, 7) is 8.31.